The van der Waals surface area contributed by atoms with Crippen molar-refractivity contribution in [3.8, 4) is 0 Å². The molecule has 6 nitrogen and oxygen atoms in total. The molecule has 0 bridgehead atoms. The summed E-state index contributed by atoms with van der Waals surface area (Å²) in [6.45, 7) is 8.50. The average Bonchev–Trinajstić information content (AvgIpc) is 2.36. The summed E-state index contributed by atoms with van der Waals surface area (Å²) in [5.41, 5.74) is 1.64. The molecule has 1 aromatic rings. The van der Waals surface area contributed by atoms with Crippen LogP contribution in [0.5, 0.6) is 0 Å². The van der Waals surface area contributed by atoms with E-state index in [1.807, 2.05) is 19.1 Å². The second-order valence-electron chi connectivity index (χ2n) is 6.15. The first-order chi connectivity index (χ1) is 10.1. The summed E-state index contributed by atoms with van der Waals surface area (Å²) in [5.74, 6) is -1.27. The van der Waals surface area contributed by atoms with Gasteiger partial charge in [0, 0.05) is 5.54 Å². The second kappa shape index (κ2) is 7.06. The van der Waals surface area contributed by atoms with Crippen LogP contribution in [0, 0.1) is 13.8 Å². The molecular formula is C16H22N2O4. The Morgan fingerprint density at radius 1 is 1.14 bits per heavy atom. The Balaban J connectivity index is 2.52. The summed E-state index contributed by atoms with van der Waals surface area (Å²) in [5, 5.41) is 4.68. The van der Waals surface area contributed by atoms with Gasteiger partial charge >= 0.3 is 12.0 Å². The molecule has 0 saturated carbocycles. The molecule has 0 unspecified atom stereocenters. The first-order valence-electron chi connectivity index (χ1n) is 6.95. The highest BCUT2D eigenvalue weighted by atomic mass is 16.5. The van der Waals surface area contributed by atoms with Gasteiger partial charge in [0.25, 0.3) is 5.91 Å². The molecule has 0 saturated heterocycles. The van der Waals surface area contributed by atoms with Crippen LogP contribution >= 0.6 is 0 Å². The van der Waals surface area contributed by atoms with Gasteiger partial charge in [0.2, 0.25) is 0 Å². The van der Waals surface area contributed by atoms with Crippen molar-refractivity contribution in [1.29, 1.82) is 0 Å². The number of esters is 1. The smallest absolute Gasteiger partial charge is 0.338 e. The molecule has 1 aromatic carbocycles. The monoisotopic (exact) mass is 306 g/mol. The number of rotatable bonds is 3. The number of amides is 3. The standard InChI is InChI=1S/C16H22N2O4/c1-10-6-7-11(2)12(8-10)14(20)22-9-13(19)17-15(21)18-16(3,4)5/h6-8H,9H2,1-5H3,(H2,17,18,19,21). The number of nitrogens with one attached hydrogen (secondary N) is 2. The fourth-order valence-corrected chi connectivity index (χ4v) is 1.70. The van der Waals surface area contributed by atoms with E-state index in [4.69, 9.17) is 4.74 Å². The third-order valence-corrected chi connectivity index (χ3v) is 2.69. The lowest BCUT2D eigenvalue weighted by atomic mass is 10.1. The molecule has 120 valence electrons. The molecular weight excluding hydrogens is 284 g/mol. The molecule has 22 heavy (non-hydrogen) atoms. The number of ether oxygens (including phenoxy) is 1. The lowest BCUT2D eigenvalue weighted by Crippen LogP contribution is -2.49. The number of imide groups is 1. The first-order valence-corrected chi connectivity index (χ1v) is 6.95. The Kier molecular flexibility index (Phi) is 5.68. The van der Waals surface area contributed by atoms with Crippen molar-refractivity contribution in [2.24, 2.45) is 0 Å². The number of aryl methyl sites for hydroxylation is 2. The first kappa shape index (κ1) is 17.7. The highest BCUT2D eigenvalue weighted by molar-refractivity contribution is 5.97. The normalized spacial score (nSPS) is 10.8. The van der Waals surface area contributed by atoms with Crippen LogP contribution < -0.4 is 10.6 Å². The molecule has 0 aliphatic heterocycles. The zero-order valence-electron chi connectivity index (χ0n) is 13.6. The van der Waals surface area contributed by atoms with Gasteiger partial charge < -0.3 is 10.1 Å². The summed E-state index contributed by atoms with van der Waals surface area (Å²) in [4.78, 5) is 35.0. The van der Waals surface area contributed by atoms with Gasteiger partial charge in [-0.15, -0.1) is 0 Å². The van der Waals surface area contributed by atoms with Gasteiger partial charge in [-0.1, -0.05) is 17.7 Å². The summed E-state index contributed by atoms with van der Waals surface area (Å²) in [7, 11) is 0. The second-order valence-corrected chi connectivity index (χ2v) is 6.15. The number of urea groups is 1. The van der Waals surface area contributed by atoms with E-state index in [1.165, 1.54) is 0 Å². The van der Waals surface area contributed by atoms with Gasteiger partial charge in [-0.25, -0.2) is 9.59 Å². The molecule has 0 radical (unpaired) electrons. The molecule has 0 spiro atoms. The van der Waals surface area contributed by atoms with Crippen LogP contribution in [0.4, 0.5) is 4.79 Å². The van der Waals surface area contributed by atoms with E-state index in [0.29, 0.717) is 5.56 Å². The topological polar surface area (TPSA) is 84.5 Å². The van der Waals surface area contributed by atoms with Gasteiger partial charge in [0.15, 0.2) is 6.61 Å². The molecule has 6 heteroatoms. The Bertz CT molecular complexity index is 588. The third kappa shape index (κ3) is 5.95. The van der Waals surface area contributed by atoms with E-state index in [-0.39, 0.29) is 0 Å². The van der Waals surface area contributed by atoms with Crippen molar-refractivity contribution >= 4 is 17.9 Å². The molecule has 0 aliphatic rings. The maximum absolute atomic E-state index is 11.9. The number of carbonyl (C=O) groups is 3. The summed E-state index contributed by atoms with van der Waals surface area (Å²) >= 11 is 0. The van der Waals surface area contributed by atoms with Gasteiger partial charge in [-0.05, 0) is 46.2 Å². The van der Waals surface area contributed by atoms with Crippen LogP contribution in [0.3, 0.4) is 0 Å². The van der Waals surface area contributed by atoms with Gasteiger partial charge in [-0.2, -0.15) is 0 Å². The lowest BCUT2D eigenvalue weighted by Gasteiger charge is -2.20. The van der Waals surface area contributed by atoms with Crippen LogP contribution in [0.2, 0.25) is 0 Å². The Hall–Kier alpha value is -2.37. The van der Waals surface area contributed by atoms with Crippen LogP contribution in [0.15, 0.2) is 18.2 Å². The van der Waals surface area contributed by atoms with Crippen molar-refractivity contribution in [3.63, 3.8) is 0 Å². The molecule has 0 heterocycles. The van der Waals surface area contributed by atoms with Crippen molar-refractivity contribution in [2.75, 3.05) is 6.61 Å². The summed E-state index contributed by atoms with van der Waals surface area (Å²) < 4.78 is 4.93. The van der Waals surface area contributed by atoms with Crippen LogP contribution in [-0.2, 0) is 9.53 Å². The highest BCUT2D eigenvalue weighted by Gasteiger charge is 2.17. The fraction of sp³-hybridized carbons (Fsp3) is 0.438. The minimum atomic E-state index is -0.680. The predicted molar refractivity (Wildman–Crippen MR) is 82.6 cm³/mol. The average molecular weight is 306 g/mol. The molecule has 2 N–H and O–H groups in total. The van der Waals surface area contributed by atoms with E-state index in [2.05, 4.69) is 10.6 Å². The maximum Gasteiger partial charge on any atom is 0.338 e. The van der Waals surface area contributed by atoms with E-state index in [1.54, 1.807) is 33.8 Å². The minimum Gasteiger partial charge on any atom is -0.452 e. The van der Waals surface area contributed by atoms with Crippen LogP contribution in [0.1, 0.15) is 42.3 Å². The largest absolute Gasteiger partial charge is 0.452 e. The van der Waals surface area contributed by atoms with Crippen molar-refractivity contribution < 1.29 is 19.1 Å². The highest BCUT2D eigenvalue weighted by Crippen LogP contribution is 2.11. The number of hydrogen-bond acceptors (Lipinski definition) is 4. The molecule has 0 fully saturated rings. The van der Waals surface area contributed by atoms with Gasteiger partial charge in [0.05, 0.1) is 5.56 Å². The Morgan fingerprint density at radius 3 is 2.36 bits per heavy atom. The van der Waals surface area contributed by atoms with Crippen LogP contribution in [-0.4, -0.2) is 30.1 Å². The third-order valence-electron chi connectivity index (χ3n) is 2.69. The Labute approximate surface area is 130 Å². The zero-order valence-corrected chi connectivity index (χ0v) is 13.6. The van der Waals surface area contributed by atoms with Crippen molar-refractivity contribution in [3.05, 3.63) is 34.9 Å². The number of carbonyl (C=O) groups excluding carboxylic acids is 3. The van der Waals surface area contributed by atoms with E-state index < -0.39 is 30.1 Å². The zero-order chi connectivity index (χ0) is 16.9. The molecule has 0 aromatic heterocycles. The van der Waals surface area contributed by atoms with E-state index in [0.717, 1.165) is 11.1 Å². The van der Waals surface area contributed by atoms with Crippen molar-refractivity contribution in [2.45, 2.75) is 40.2 Å². The van der Waals surface area contributed by atoms with Crippen molar-refractivity contribution in [1.82, 2.24) is 10.6 Å². The SMILES string of the molecule is Cc1ccc(C)c(C(=O)OCC(=O)NC(=O)NC(C)(C)C)c1. The van der Waals surface area contributed by atoms with E-state index >= 15 is 0 Å². The van der Waals surface area contributed by atoms with Gasteiger partial charge in [-0.3, -0.25) is 10.1 Å². The number of hydrogen-bond donors (Lipinski definition) is 2. The van der Waals surface area contributed by atoms with Gasteiger partial charge in [0.1, 0.15) is 0 Å². The maximum atomic E-state index is 11.9. The Morgan fingerprint density at radius 2 is 1.77 bits per heavy atom. The molecule has 0 aliphatic carbocycles. The minimum absolute atomic E-state index is 0.409. The quantitative estimate of drug-likeness (QED) is 0.837. The molecule has 0 atom stereocenters. The fourth-order valence-electron chi connectivity index (χ4n) is 1.70. The summed E-state index contributed by atoms with van der Waals surface area (Å²) in [6, 6.07) is 4.76. The van der Waals surface area contributed by atoms with E-state index in [9.17, 15) is 14.4 Å². The molecule has 1 rings (SSSR count). The molecule has 3 amide bonds. The summed E-state index contributed by atoms with van der Waals surface area (Å²) in [6.07, 6.45) is 0. The van der Waals surface area contributed by atoms with Crippen LogP contribution in [0.25, 0.3) is 0 Å². The lowest BCUT2D eigenvalue weighted by molar-refractivity contribution is -0.123. The predicted octanol–water partition coefficient (Wildman–Crippen LogP) is 2.08. The number of benzene rings is 1.